The smallest absolute Gasteiger partial charge is 0.131 e. The van der Waals surface area contributed by atoms with Gasteiger partial charge in [-0.3, -0.25) is 9.69 Å². The SMILES string of the molecule is CC(=O)CC1CCCCN1Cc1ccc(F)cc1C. The molecule has 2 nitrogen and oxygen atoms in total. The first-order valence-electron chi connectivity index (χ1n) is 7.05. The first-order chi connectivity index (χ1) is 9.06. The van der Waals surface area contributed by atoms with E-state index in [1.165, 1.54) is 18.9 Å². The maximum atomic E-state index is 13.1. The number of nitrogens with zero attached hydrogens (tertiary/aromatic N) is 1. The summed E-state index contributed by atoms with van der Waals surface area (Å²) in [6, 6.07) is 5.33. The minimum atomic E-state index is -0.180. The minimum absolute atomic E-state index is 0.180. The highest BCUT2D eigenvalue weighted by Gasteiger charge is 2.23. The number of carbonyl (C=O) groups excluding carboxylic acids is 1. The van der Waals surface area contributed by atoms with Crippen LogP contribution in [0.25, 0.3) is 0 Å². The summed E-state index contributed by atoms with van der Waals surface area (Å²) < 4.78 is 13.1. The lowest BCUT2D eigenvalue weighted by molar-refractivity contribution is -0.118. The molecule has 0 bridgehead atoms. The maximum Gasteiger partial charge on any atom is 0.131 e. The lowest BCUT2D eigenvalue weighted by atomic mass is 9.96. The molecule has 1 fully saturated rings. The summed E-state index contributed by atoms with van der Waals surface area (Å²) in [4.78, 5) is 13.7. The predicted octanol–water partition coefficient (Wildman–Crippen LogP) is 3.47. The van der Waals surface area contributed by atoms with Crippen LogP contribution in [0.4, 0.5) is 4.39 Å². The number of likely N-dealkylation sites (tertiary alicyclic amines) is 1. The number of aryl methyl sites for hydroxylation is 1. The van der Waals surface area contributed by atoms with Crippen molar-refractivity contribution < 1.29 is 9.18 Å². The van der Waals surface area contributed by atoms with Crippen LogP contribution in [0.15, 0.2) is 18.2 Å². The van der Waals surface area contributed by atoms with E-state index in [0.717, 1.165) is 30.6 Å². The normalized spacial score (nSPS) is 20.5. The van der Waals surface area contributed by atoms with Crippen molar-refractivity contribution in [2.75, 3.05) is 6.54 Å². The number of carbonyl (C=O) groups is 1. The molecule has 104 valence electrons. The first kappa shape index (κ1) is 14.2. The molecule has 3 heteroatoms. The summed E-state index contributed by atoms with van der Waals surface area (Å²) in [5, 5.41) is 0. The second kappa shape index (κ2) is 6.29. The van der Waals surface area contributed by atoms with Gasteiger partial charge in [0.25, 0.3) is 0 Å². The second-order valence-electron chi connectivity index (χ2n) is 5.60. The highest BCUT2D eigenvalue weighted by Crippen LogP contribution is 2.23. The Labute approximate surface area is 114 Å². The summed E-state index contributed by atoms with van der Waals surface area (Å²) in [7, 11) is 0. The topological polar surface area (TPSA) is 20.3 Å². The van der Waals surface area contributed by atoms with Gasteiger partial charge in [0.05, 0.1) is 0 Å². The second-order valence-corrected chi connectivity index (χ2v) is 5.60. The number of Topliss-reactive ketones (excluding diaryl/α,β-unsaturated/α-hetero) is 1. The first-order valence-corrected chi connectivity index (χ1v) is 7.05. The Morgan fingerprint density at radius 3 is 2.89 bits per heavy atom. The fourth-order valence-corrected chi connectivity index (χ4v) is 2.89. The third-order valence-electron chi connectivity index (χ3n) is 3.95. The van der Waals surface area contributed by atoms with E-state index in [0.29, 0.717) is 12.5 Å². The van der Waals surface area contributed by atoms with Gasteiger partial charge < -0.3 is 0 Å². The molecule has 0 saturated carbocycles. The summed E-state index contributed by atoms with van der Waals surface area (Å²) in [5.41, 5.74) is 2.16. The third-order valence-corrected chi connectivity index (χ3v) is 3.95. The van der Waals surface area contributed by atoms with Crippen molar-refractivity contribution in [1.82, 2.24) is 4.90 Å². The Morgan fingerprint density at radius 1 is 1.42 bits per heavy atom. The molecule has 19 heavy (non-hydrogen) atoms. The molecule has 1 aromatic rings. The molecular weight excluding hydrogens is 241 g/mol. The van der Waals surface area contributed by atoms with Gasteiger partial charge in [-0.2, -0.15) is 0 Å². The average molecular weight is 263 g/mol. The van der Waals surface area contributed by atoms with Crippen LogP contribution in [0, 0.1) is 12.7 Å². The highest BCUT2D eigenvalue weighted by atomic mass is 19.1. The van der Waals surface area contributed by atoms with Crippen LogP contribution >= 0.6 is 0 Å². The molecule has 0 aliphatic carbocycles. The van der Waals surface area contributed by atoms with Gasteiger partial charge in [-0.1, -0.05) is 12.5 Å². The quantitative estimate of drug-likeness (QED) is 0.829. The minimum Gasteiger partial charge on any atom is -0.300 e. The molecule has 1 aliphatic rings. The van der Waals surface area contributed by atoms with Crippen LogP contribution in [-0.4, -0.2) is 23.3 Å². The van der Waals surface area contributed by atoms with Crippen molar-refractivity contribution in [3.05, 3.63) is 35.1 Å². The van der Waals surface area contributed by atoms with Crippen molar-refractivity contribution in [1.29, 1.82) is 0 Å². The maximum absolute atomic E-state index is 13.1. The van der Waals surface area contributed by atoms with Crippen LogP contribution in [0.5, 0.6) is 0 Å². The molecule has 1 saturated heterocycles. The van der Waals surface area contributed by atoms with E-state index in [4.69, 9.17) is 0 Å². The van der Waals surface area contributed by atoms with Crippen LogP contribution in [0.1, 0.15) is 43.7 Å². The van der Waals surface area contributed by atoms with Crippen LogP contribution in [-0.2, 0) is 11.3 Å². The number of piperidine rings is 1. The average Bonchev–Trinajstić information content (AvgIpc) is 2.34. The Balaban J connectivity index is 2.08. The highest BCUT2D eigenvalue weighted by molar-refractivity contribution is 5.76. The number of ketones is 1. The van der Waals surface area contributed by atoms with Crippen LogP contribution in [0.3, 0.4) is 0 Å². The molecule has 2 rings (SSSR count). The number of benzene rings is 1. The van der Waals surface area contributed by atoms with Gasteiger partial charge in [0.2, 0.25) is 0 Å². The zero-order valence-corrected chi connectivity index (χ0v) is 11.8. The van der Waals surface area contributed by atoms with Crippen LogP contribution < -0.4 is 0 Å². The number of hydrogen-bond acceptors (Lipinski definition) is 2. The fourth-order valence-electron chi connectivity index (χ4n) is 2.89. The summed E-state index contributed by atoms with van der Waals surface area (Å²) in [6.07, 6.45) is 4.13. The molecule has 1 aliphatic heterocycles. The number of rotatable bonds is 4. The van der Waals surface area contributed by atoms with Gasteiger partial charge >= 0.3 is 0 Å². The molecule has 0 amide bonds. The van der Waals surface area contributed by atoms with Gasteiger partial charge in [0.1, 0.15) is 11.6 Å². The van der Waals surface area contributed by atoms with E-state index in [2.05, 4.69) is 4.90 Å². The van der Waals surface area contributed by atoms with Crippen LogP contribution in [0.2, 0.25) is 0 Å². The van der Waals surface area contributed by atoms with Gasteiger partial charge in [-0.05, 0) is 56.5 Å². The zero-order chi connectivity index (χ0) is 13.8. The Kier molecular flexibility index (Phi) is 4.70. The van der Waals surface area contributed by atoms with Gasteiger partial charge in [-0.25, -0.2) is 4.39 Å². The molecule has 1 atom stereocenters. The fraction of sp³-hybridized carbons (Fsp3) is 0.562. The number of halogens is 1. The molecular formula is C16H22FNO. The van der Waals surface area contributed by atoms with Crippen molar-refractivity contribution in [2.45, 2.75) is 52.1 Å². The lowest BCUT2D eigenvalue weighted by Gasteiger charge is -2.35. The van der Waals surface area contributed by atoms with Crippen molar-refractivity contribution >= 4 is 5.78 Å². The van der Waals surface area contributed by atoms with Gasteiger partial charge in [0, 0.05) is 19.0 Å². The molecule has 1 heterocycles. The third kappa shape index (κ3) is 3.87. The Hall–Kier alpha value is -1.22. The van der Waals surface area contributed by atoms with Crippen molar-refractivity contribution in [3.8, 4) is 0 Å². The largest absolute Gasteiger partial charge is 0.300 e. The van der Waals surface area contributed by atoms with Gasteiger partial charge in [0.15, 0.2) is 0 Å². The molecule has 1 unspecified atom stereocenters. The molecule has 0 radical (unpaired) electrons. The summed E-state index contributed by atoms with van der Waals surface area (Å²) >= 11 is 0. The van der Waals surface area contributed by atoms with E-state index in [-0.39, 0.29) is 11.6 Å². The van der Waals surface area contributed by atoms with E-state index in [1.807, 2.05) is 13.0 Å². The molecule has 0 spiro atoms. The molecule has 1 aromatic carbocycles. The van der Waals surface area contributed by atoms with Crippen molar-refractivity contribution in [3.63, 3.8) is 0 Å². The monoisotopic (exact) mass is 263 g/mol. The Bertz CT molecular complexity index is 458. The summed E-state index contributed by atoms with van der Waals surface area (Å²) in [6.45, 7) is 5.47. The van der Waals surface area contributed by atoms with E-state index in [1.54, 1.807) is 13.0 Å². The summed E-state index contributed by atoms with van der Waals surface area (Å²) in [5.74, 6) is 0.0768. The lowest BCUT2D eigenvalue weighted by Crippen LogP contribution is -2.40. The Morgan fingerprint density at radius 2 is 2.21 bits per heavy atom. The van der Waals surface area contributed by atoms with E-state index < -0.39 is 0 Å². The number of hydrogen-bond donors (Lipinski definition) is 0. The van der Waals surface area contributed by atoms with E-state index >= 15 is 0 Å². The van der Waals surface area contributed by atoms with Crippen molar-refractivity contribution in [2.24, 2.45) is 0 Å². The van der Waals surface area contributed by atoms with E-state index in [9.17, 15) is 9.18 Å². The molecule has 0 aromatic heterocycles. The molecule has 0 N–H and O–H groups in total. The van der Waals surface area contributed by atoms with Gasteiger partial charge in [-0.15, -0.1) is 0 Å². The zero-order valence-electron chi connectivity index (χ0n) is 11.8. The predicted molar refractivity (Wildman–Crippen MR) is 74.5 cm³/mol. The standard InChI is InChI=1S/C16H22FNO/c1-12-9-15(17)7-6-14(12)11-18-8-4-3-5-16(18)10-13(2)19/h6-7,9,16H,3-5,8,10-11H2,1-2H3.